The Morgan fingerprint density at radius 3 is 2.54 bits per heavy atom. The molecule has 0 spiro atoms. The fourth-order valence-electron chi connectivity index (χ4n) is 2.56. The molecule has 1 heterocycles. The molecular weight excluding hydrogens is 348 g/mol. The number of carbonyl (C=O) groups is 1. The van der Waals surface area contributed by atoms with Gasteiger partial charge in [-0.15, -0.1) is 0 Å². The Morgan fingerprint density at radius 1 is 1.08 bits per heavy atom. The van der Waals surface area contributed by atoms with E-state index in [-0.39, 0.29) is 18.6 Å². The standard InChI is InChI=1S/C21H19ClN2O2/c1-15(19-9-5-6-12-23-19)24-21(25)14-26-20-11-10-17(13-18(20)22)16-7-3-2-4-8-16/h2-13,15H,14H2,1H3,(H,24,25). The highest BCUT2D eigenvalue weighted by molar-refractivity contribution is 6.32. The summed E-state index contributed by atoms with van der Waals surface area (Å²) in [7, 11) is 0. The molecule has 0 bridgehead atoms. The molecule has 3 aromatic rings. The smallest absolute Gasteiger partial charge is 0.258 e. The molecule has 0 aliphatic rings. The van der Waals surface area contributed by atoms with Crippen molar-refractivity contribution in [2.75, 3.05) is 6.61 Å². The molecule has 1 atom stereocenters. The molecule has 0 aliphatic heterocycles. The second-order valence-electron chi connectivity index (χ2n) is 5.84. The fourth-order valence-corrected chi connectivity index (χ4v) is 2.80. The summed E-state index contributed by atoms with van der Waals surface area (Å²) in [6.07, 6.45) is 1.70. The Labute approximate surface area is 157 Å². The third-order valence-electron chi connectivity index (χ3n) is 3.91. The van der Waals surface area contributed by atoms with Crippen LogP contribution in [0.1, 0.15) is 18.7 Å². The van der Waals surface area contributed by atoms with Crippen LogP contribution in [0.25, 0.3) is 11.1 Å². The van der Waals surface area contributed by atoms with Crippen LogP contribution in [0.2, 0.25) is 5.02 Å². The van der Waals surface area contributed by atoms with Crippen LogP contribution >= 0.6 is 11.6 Å². The molecule has 4 nitrogen and oxygen atoms in total. The molecule has 132 valence electrons. The van der Waals surface area contributed by atoms with Gasteiger partial charge in [0, 0.05) is 6.20 Å². The number of nitrogens with zero attached hydrogens (tertiary/aromatic N) is 1. The molecule has 0 radical (unpaired) electrons. The van der Waals surface area contributed by atoms with Crippen molar-refractivity contribution in [1.29, 1.82) is 0 Å². The highest BCUT2D eigenvalue weighted by Crippen LogP contribution is 2.30. The van der Waals surface area contributed by atoms with Gasteiger partial charge in [-0.25, -0.2) is 0 Å². The lowest BCUT2D eigenvalue weighted by molar-refractivity contribution is -0.123. The molecule has 1 aromatic heterocycles. The summed E-state index contributed by atoms with van der Waals surface area (Å²) in [5.74, 6) is 0.248. The highest BCUT2D eigenvalue weighted by Gasteiger charge is 2.12. The summed E-state index contributed by atoms with van der Waals surface area (Å²) in [4.78, 5) is 16.3. The number of hydrogen-bond donors (Lipinski definition) is 1. The molecule has 1 unspecified atom stereocenters. The molecule has 26 heavy (non-hydrogen) atoms. The topological polar surface area (TPSA) is 51.2 Å². The maximum absolute atomic E-state index is 12.1. The first-order valence-corrected chi connectivity index (χ1v) is 8.69. The molecule has 1 amide bonds. The monoisotopic (exact) mass is 366 g/mol. The molecule has 0 aliphatic carbocycles. The van der Waals surface area contributed by atoms with E-state index in [1.54, 1.807) is 12.3 Å². The summed E-state index contributed by atoms with van der Waals surface area (Å²) < 4.78 is 5.56. The predicted octanol–water partition coefficient (Wildman–Crippen LogP) is 4.66. The van der Waals surface area contributed by atoms with E-state index in [9.17, 15) is 4.79 Å². The van der Waals surface area contributed by atoms with Crippen LogP contribution in [0.15, 0.2) is 72.9 Å². The van der Waals surface area contributed by atoms with E-state index in [0.29, 0.717) is 10.8 Å². The zero-order valence-electron chi connectivity index (χ0n) is 14.4. The van der Waals surface area contributed by atoms with Crippen LogP contribution in [0, 0.1) is 0 Å². The largest absolute Gasteiger partial charge is 0.482 e. The number of amides is 1. The quantitative estimate of drug-likeness (QED) is 0.690. The lowest BCUT2D eigenvalue weighted by atomic mass is 10.1. The average molecular weight is 367 g/mol. The Kier molecular flexibility index (Phi) is 5.87. The van der Waals surface area contributed by atoms with E-state index in [2.05, 4.69) is 10.3 Å². The average Bonchev–Trinajstić information content (AvgIpc) is 2.68. The van der Waals surface area contributed by atoms with Crippen molar-refractivity contribution in [2.45, 2.75) is 13.0 Å². The van der Waals surface area contributed by atoms with E-state index < -0.39 is 0 Å². The minimum atomic E-state index is -0.230. The van der Waals surface area contributed by atoms with Crippen LogP contribution in [0.5, 0.6) is 5.75 Å². The molecule has 5 heteroatoms. The van der Waals surface area contributed by atoms with Gasteiger partial charge >= 0.3 is 0 Å². The SMILES string of the molecule is CC(NC(=O)COc1ccc(-c2ccccc2)cc1Cl)c1ccccn1. The van der Waals surface area contributed by atoms with Crippen LogP contribution in [-0.4, -0.2) is 17.5 Å². The molecule has 0 saturated carbocycles. The molecule has 1 N–H and O–H groups in total. The number of aromatic nitrogens is 1. The zero-order valence-corrected chi connectivity index (χ0v) is 15.1. The van der Waals surface area contributed by atoms with Crippen molar-refractivity contribution in [3.8, 4) is 16.9 Å². The Bertz CT molecular complexity index is 870. The van der Waals surface area contributed by atoms with Crippen molar-refractivity contribution < 1.29 is 9.53 Å². The Balaban J connectivity index is 1.58. The zero-order chi connectivity index (χ0) is 18.4. The van der Waals surface area contributed by atoms with Crippen molar-refractivity contribution in [3.63, 3.8) is 0 Å². The third-order valence-corrected chi connectivity index (χ3v) is 4.20. The Hall–Kier alpha value is -2.85. The van der Waals surface area contributed by atoms with E-state index in [0.717, 1.165) is 16.8 Å². The van der Waals surface area contributed by atoms with E-state index in [1.807, 2.05) is 67.6 Å². The molecular formula is C21H19ClN2O2. The maximum atomic E-state index is 12.1. The van der Waals surface area contributed by atoms with Gasteiger partial charge in [-0.2, -0.15) is 0 Å². The lowest BCUT2D eigenvalue weighted by Gasteiger charge is -2.14. The van der Waals surface area contributed by atoms with Gasteiger partial charge < -0.3 is 10.1 Å². The molecule has 0 saturated heterocycles. The van der Waals surface area contributed by atoms with Gasteiger partial charge in [0.2, 0.25) is 0 Å². The number of hydrogen-bond acceptors (Lipinski definition) is 3. The first kappa shape index (κ1) is 18.0. The van der Waals surface area contributed by atoms with Crippen molar-refractivity contribution in [2.24, 2.45) is 0 Å². The van der Waals surface area contributed by atoms with Crippen LogP contribution in [0.4, 0.5) is 0 Å². The van der Waals surface area contributed by atoms with Gasteiger partial charge in [-0.05, 0) is 42.3 Å². The lowest BCUT2D eigenvalue weighted by Crippen LogP contribution is -2.31. The summed E-state index contributed by atoms with van der Waals surface area (Å²) in [5, 5.41) is 3.32. The Morgan fingerprint density at radius 2 is 1.85 bits per heavy atom. The maximum Gasteiger partial charge on any atom is 0.258 e. The third kappa shape index (κ3) is 4.61. The van der Waals surface area contributed by atoms with Crippen molar-refractivity contribution in [1.82, 2.24) is 10.3 Å². The first-order valence-electron chi connectivity index (χ1n) is 8.31. The second kappa shape index (κ2) is 8.50. The molecule has 3 rings (SSSR count). The second-order valence-corrected chi connectivity index (χ2v) is 6.25. The van der Waals surface area contributed by atoms with Crippen molar-refractivity contribution in [3.05, 3.63) is 83.6 Å². The fraction of sp³-hybridized carbons (Fsp3) is 0.143. The van der Waals surface area contributed by atoms with Crippen molar-refractivity contribution >= 4 is 17.5 Å². The van der Waals surface area contributed by atoms with Crippen LogP contribution < -0.4 is 10.1 Å². The van der Waals surface area contributed by atoms with E-state index >= 15 is 0 Å². The summed E-state index contributed by atoms with van der Waals surface area (Å²) in [6.45, 7) is 1.77. The molecule has 2 aromatic carbocycles. The minimum absolute atomic E-state index is 0.110. The number of benzene rings is 2. The molecule has 0 fully saturated rings. The normalized spacial score (nSPS) is 11.6. The minimum Gasteiger partial charge on any atom is -0.482 e. The number of carbonyl (C=O) groups excluding carboxylic acids is 1. The van der Waals surface area contributed by atoms with E-state index in [4.69, 9.17) is 16.3 Å². The highest BCUT2D eigenvalue weighted by atomic mass is 35.5. The number of rotatable bonds is 6. The van der Waals surface area contributed by atoms with Gasteiger partial charge in [0.15, 0.2) is 6.61 Å². The van der Waals surface area contributed by atoms with Crippen LogP contribution in [0.3, 0.4) is 0 Å². The van der Waals surface area contributed by atoms with Gasteiger partial charge in [0.25, 0.3) is 5.91 Å². The summed E-state index contributed by atoms with van der Waals surface area (Å²) in [5.41, 5.74) is 2.87. The van der Waals surface area contributed by atoms with Crippen LogP contribution in [-0.2, 0) is 4.79 Å². The van der Waals surface area contributed by atoms with Gasteiger partial charge in [0.1, 0.15) is 5.75 Å². The first-order chi connectivity index (χ1) is 12.6. The van der Waals surface area contributed by atoms with E-state index in [1.165, 1.54) is 0 Å². The summed E-state index contributed by atoms with van der Waals surface area (Å²) >= 11 is 6.30. The summed E-state index contributed by atoms with van der Waals surface area (Å²) in [6, 6.07) is 20.9. The number of ether oxygens (including phenoxy) is 1. The van der Waals surface area contributed by atoms with Gasteiger partial charge in [-0.1, -0.05) is 54.1 Å². The number of pyridine rings is 1. The van der Waals surface area contributed by atoms with Gasteiger partial charge in [-0.3, -0.25) is 9.78 Å². The number of nitrogens with one attached hydrogen (secondary N) is 1. The predicted molar refractivity (Wildman–Crippen MR) is 103 cm³/mol. The van der Waals surface area contributed by atoms with Gasteiger partial charge in [0.05, 0.1) is 16.8 Å². The number of halogens is 1.